The number of fused-ring (bicyclic) bond motifs is 1. The first-order chi connectivity index (χ1) is 17.5. The Morgan fingerprint density at radius 1 is 0.694 bits per heavy atom. The number of rotatable bonds is 14. The first-order valence-electron chi connectivity index (χ1n) is 12.7. The molecule has 2 aromatic rings. The third-order valence-electron chi connectivity index (χ3n) is 7.18. The fraction of sp³-hybridized carbons (Fsp3) is 0.571. The molecule has 8 heteroatoms. The molecule has 0 N–H and O–H groups in total. The molecule has 2 aromatic carbocycles. The van der Waals surface area contributed by atoms with Gasteiger partial charge in [0.25, 0.3) is 0 Å². The van der Waals surface area contributed by atoms with Crippen LogP contribution in [0.15, 0.2) is 36.4 Å². The van der Waals surface area contributed by atoms with E-state index in [1.54, 1.807) is 36.4 Å². The van der Waals surface area contributed by atoms with Gasteiger partial charge in [0.15, 0.2) is 0 Å². The van der Waals surface area contributed by atoms with Gasteiger partial charge in [-0.2, -0.15) is 0 Å². The van der Waals surface area contributed by atoms with Crippen LogP contribution in [0.25, 0.3) is 10.8 Å². The molecule has 2 aliphatic rings. The lowest BCUT2D eigenvalue weighted by molar-refractivity contribution is -0.151. The highest BCUT2D eigenvalue weighted by Gasteiger charge is 2.37. The minimum atomic E-state index is -0.403. The van der Waals surface area contributed by atoms with Gasteiger partial charge < -0.3 is 28.4 Å². The average Bonchev–Trinajstić information content (AvgIpc) is 2.85. The third kappa shape index (κ3) is 6.42. The second-order valence-corrected chi connectivity index (χ2v) is 9.85. The third-order valence-corrected chi connectivity index (χ3v) is 7.18. The van der Waals surface area contributed by atoms with Gasteiger partial charge in [-0.25, -0.2) is 9.59 Å². The topological polar surface area (TPSA) is 89.5 Å². The summed E-state index contributed by atoms with van der Waals surface area (Å²) in [6.07, 6.45) is 2.01. The van der Waals surface area contributed by atoms with E-state index in [-0.39, 0.29) is 24.0 Å². The standard InChI is InChI=1S/C28H36O8/c1-3-27(17-33-18-27)15-31-9-11-35-25(29)23-7-5-22-14-24(8-6-21(22)13-23)26(30)36-12-10-32-16-28(4-2)19-34-20-28/h5-8,13-14H,3-4,9-12,15-20H2,1-2H3. The SMILES string of the molecule is CCC1(COCCOC(=O)c2ccc3cc(C(=O)OCCOCC4(CC)COC4)ccc3c2)COC1. The van der Waals surface area contributed by atoms with E-state index in [4.69, 9.17) is 28.4 Å². The van der Waals surface area contributed by atoms with Crippen LogP contribution >= 0.6 is 0 Å². The minimum absolute atomic E-state index is 0.116. The van der Waals surface area contributed by atoms with Crippen LogP contribution in [0.2, 0.25) is 0 Å². The van der Waals surface area contributed by atoms with Gasteiger partial charge >= 0.3 is 11.9 Å². The Labute approximate surface area is 212 Å². The molecular weight excluding hydrogens is 464 g/mol. The zero-order chi connectivity index (χ0) is 25.4. The summed E-state index contributed by atoms with van der Waals surface area (Å²) >= 11 is 0. The number of hydrogen-bond donors (Lipinski definition) is 0. The van der Waals surface area contributed by atoms with Crippen molar-refractivity contribution >= 4 is 22.7 Å². The molecule has 0 radical (unpaired) electrons. The van der Waals surface area contributed by atoms with Crippen LogP contribution in [0, 0.1) is 10.8 Å². The van der Waals surface area contributed by atoms with Gasteiger partial charge in [0.2, 0.25) is 0 Å². The smallest absolute Gasteiger partial charge is 0.338 e. The number of hydrogen-bond acceptors (Lipinski definition) is 8. The van der Waals surface area contributed by atoms with E-state index in [0.717, 1.165) is 50.0 Å². The molecule has 0 unspecified atom stereocenters. The summed E-state index contributed by atoms with van der Waals surface area (Å²) in [6.45, 7) is 9.48. The molecule has 4 rings (SSSR count). The number of benzene rings is 2. The summed E-state index contributed by atoms with van der Waals surface area (Å²) in [5.74, 6) is -0.807. The number of ether oxygens (including phenoxy) is 6. The highest BCUT2D eigenvalue weighted by Crippen LogP contribution is 2.32. The Balaban J connectivity index is 1.19. The van der Waals surface area contributed by atoms with Crippen molar-refractivity contribution in [1.82, 2.24) is 0 Å². The van der Waals surface area contributed by atoms with Crippen molar-refractivity contribution in [1.29, 1.82) is 0 Å². The molecule has 0 atom stereocenters. The summed E-state index contributed by atoms with van der Waals surface area (Å²) in [6, 6.07) is 10.5. The first kappa shape index (κ1) is 26.5. The quantitative estimate of drug-likeness (QED) is 0.284. The molecule has 8 nitrogen and oxygen atoms in total. The van der Waals surface area contributed by atoms with E-state index in [1.807, 2.05) is 0 Å². The Morgan fingerprint density at radius 3 is 1.44 bits per heavy atom. The van der Waals surface area contributed by atoms with E-state index in [2.05, 4.69) is 13.8 Å². The molecule has 0 aliphatic carbocycles. The molecule has 0 bridgehead atoms. The monoisotopic (exact) mass is 500 g/mol. The normalized spacial score (nSPS) is 17.7. The zero-order valence-electron chi connectivity index (χ0n) is 21.2. The van der Waals surface area contributed by atoms with Crippen LogP contribution in [0.3, 0.4) is 0 Å². The Kier molecular flexibility index (Phi) is 8.95. The van der Waals surface area contributed by atoms with Crippen molar-refractivity contribution in [3.05, 3.63) is 47.5 Å². The predicted octanol–water partition coefficient (Wildman–Crippen LogP) is 4.04. The number of carbonyl (C=O) groups is 2. The van der Waals surface area contributed by atoms with Gasteiger partial charge in [0, 0.05) is 10.8 Å². The minimum Gasteiger partial charge on any atom is -0.460 e. The predicted molar refractivity (Wildman–Crippen MR) is 133 cm³/mol. The molecule has 2 aliphatic heterocycles. The summed E-state index contributed by atoms with van der Waals surface area (Å²) in [4.78, 5) is 24.9. The lowest BCUT2D eigenvalue weighted by Crippen LogP contribution is -2.45. The van der Waals surface area contributed by atoms with Crippen molar-refractivity contribution in [2.75, 3.05) is 66.1 Å². The van der Waals surface area contributed by atoms with E-state index in [0.29, 0.717) is 37.6 Å². The van der Waals surface area contributed by atoms with Gasteiger partial charge in [-0.05, 0) is 47.9 Å². The van der Waals surface area contributed by atoms with Gasteiger partial charge in [0.1, 0.15) is 13.2 Å². The highest BCUT2D eigenvalue weighted by atomic mass is 16.6. The van der Waals surface area contributed by atoms with Crippen LogP contribution < -0.4 is 0 Å². The maximum atomic E-state index is 12.4. The fourth-order valence-corrected chi connectivity index (χ4v) is 4.19. The Hall–Kier alpha value is -2.52. The maximum Gasteiger partial charge on any atom is 0.338 e. The van der Waals surface area contributed by atoms with E-state index in [9.17, 15) is 9.59 Å². The van der Waals surface area contributed by atoms with Gasteiger partial charge in [-0.15, -0.1) is 0 Å². The molecule has 2 heterocycles. The molecular formula is C28H36O8. The van der Waals surface area contributed by atoms with Gasteiger partial charge in [-0.1, -0.05) is 26.0 Å². The molecule has 36 heavy (non-hydrogen) atoms. The molecule has 0 saturated carbocycles. The van der Waals surface area contributed by atoms with E-state index in [1.165, 1.54) is 0 Å². The second-order valence-electron chi connectivity index (χ2n) is 9.85. The van der Waals surface area contributed by atoms with Crippen molar-refractivity contribution in [3.8, 4) is 0 Å². The maximum absolute atomic E-state index is 12.4. The van der Waals surface area contributed by atoms with Crippen LogP contribution in [0.4, 0.5) is 0 Å². The van der Waals surface area contributed by atoms with Crippen LogP contribution in [-0.2, 0) is 28.4 Å². The zero-order valence-corrected chi connectivity index (χ0v) is 21.2. The van der Waals surface area contributed by atoms with Gasteiger partial charge in [-0.3, -0.25) is 0 Å². The molecule has 2 saturated heterocycles. The van der Waals surface area contributed by atoms with Crippen molar-refractivity contribution in [3.63, 3.8) is 0 Å². The molecule has 0 aromatic heterocycles. The summed E-state index contributed by atoms with van der Waals surface area (Å²) in [5.41, 5.74) is 1.14. The van der Waals surface area contributed by atoms with Crippen LogP contribution in [-0.4, -0.2) is 78.0 Å². The highest BCUT2D eigenvalue weighted by molar-refractivity contribution is 5.99. The van der Waals surface area contributed by atoms with Crippen molar-refractivity contribution in [2.45, 2.75) is 26.7 Å². The molecule has 2 fully saturated rings. The second kappa shape index (κ2) is 12.1. The lowest BCUT2D eigenvalue weighted by atomic mass is 9.84. The van der Waals surface area contributed by atoms with Crippen molar-refractivity contribution in [2.24, 2.45) is 10.8 Å². The molecule has 0 amide bonds. The Morgan fingerprint density at radius 2 is 1.11 bits per heavy atom. The summed E-state index contributed by atoms with van der Waals surface area (Å²) in [7, 11) is 0. The van der Waals surface area contributed by atoms with Crippen LogP contribution in [0.1, 0.15) is 47.4 Å². The summed E-state index contributed by atoms with van der Waals surface area (Å²) in [5, 5.41) is 1.67. The fourth-order valence-electron chi connectivity index (χ4n) is 4.19. The van der Waals surface area contributed by atoms with Gasteiger partial charge in [0.05, 0.1) is 64.0 Å². The molecule has 196 valence electrons. The average molecular weight is 501 g/mol. The van der Waals surface area contributed by atoms with E-state index >= 15 is 0 Å². The van der Waals surface area contributed by atoms with Crippen molar-refractivity contribution < 1.29 is 38.0 Å². The first-order valence-corrected chi connectivity index (χ1v) is 12.7. The van der Waals surface area contributed by atoms with Crippen LogP contribution in [0.5, 0.6) is 0 Å². The number of esters is 2. The molecule has 0 spiro atoms. The lowest BCUT2D eigenvalue weighted by Gasteiger charge is -2.40. The summed E-state index contributed by atoms with van der Waals surface area (Å²) < 4.78 is 32.6. The Bertz CT molecular complexity index is 947. The van der Waals surface area contributed by atoms with E-state index < -0.39 is 11.9 Å². The largest absolute Gasteiger partial charge is 0.460 e. The number of carbonyl (C=O) groups excluding carboxylic acids is 2.